The van der Waals surface area contributed by atoms with Gasteiger partial charge in [-0.3, -0.25) is 0 Å². The number of rotatable bonds is 7. The summed E-state index contributed by atoms with van der Waals surface area (Å²) in [5.74, 6) is 2.48. The predicted molar refractivity (Wildman–Crippen MR) is 115 cm³/mol. The highest BCUT2D eigenvalue weighted by Crippen LogP contribution is 2.30. The number of aromatic nitrogens is 3. The third-order valence-corrected chi connectivity index (χ3v) is 4.38. The summed E-state index contributed by atoms with van der Waals surface area (Å²) in [6, 6.07) is 25.5. The van der Waals surface area contributed by atoms with E-state index in [0.717, 1.165) is 11.4 Å². The number of nitrogens with zero attached hydrogens (tertiary/aromatic N) is 3. The largest absolute Gasteiger partial charge is 0.455 e. The zero-order valence-corrected chi connectivity index (χ0v) is 16.0. The normalized spacial score (nSPS) is 10.4. The second-order valence-electron chi connectivity index (χ2n) is 6.48. The summed E-state index contributed by atoms with van der Waals surface area (Å²) in [5.41, 5.74) is 3.20. The predicted octanol–water partition coefficient (Wildman–Crippen LogP) is 5.33. The molecule has 4 aromatic rings. The Morgan fingerprint density at radius 1 is 0.862 bits per heavy atom. The van der Waals surface area contributed by atoms with E-state index in [1.807, 2.05) is 66.7 Å². The first-order valence-electron chi connectivity index (χ1n) is 9.35. The molecule has 4 rings (SSSR count). The van der Waals surface area contributed by atoms with E-state index < -0.39 is 0 Å². The molecule has 2 N–H and O–H groups in total. The zero-order valence-electron chi connectivity index (χ0n) is 16.0. The molecule has 144 valence electrons. The van der Waals surface area contributed by atoms with Gasteiger partial charge in [0.05, 0.1) is 11.9 Å². The Hall–Kier alpha value is -3.93. The van der Waals surface area contributed by atoms with E-state index in [4.69, 9.17) is 4.74 Å². The lowest BCUT2D eigenvalue weighted by Crippen LogP contribution is -2.06. The molecule has 0 saturated heterocycles. The van der Waals surface area contributed by atoms with Crippen LogP contribution in [0.25, 0.3) is 0 Å². The molecule has 6 heteroatoms. The lowest BCUT2D eigenvalue weighted by Gasteiger charge is -2.12. The molecule has 0 unspecified atom stereocenters. The topological polar surface area (TPSA) is 72.0 Å². The van der Waals surface area contributed by atoms with Crippen molar-refractivity contribution < 1.29 is 4.74 Å². The lowest BCUT2D eigenvalue weighted by atomic mass is 10.1. The number of aryl methyl sites for hydroxylation is 1. The highest BCUT2D eigenvalue weighted by molar-refractivity contribution is 5.63. The van der Waals surface area contributed by atoms with Crippen molar-refractivity contribution in [2.45, 2.75) is 13.5 Å². The van der Waals surface area contributed by atoms with E-state index in [-0.39, 0.29) is 0 Å². The second kappa shape index (κ2) is 8.84. The van der Waals surface area contributed by atoms with Crippen LogP contribution in [0, 0.1) is 6.92 Å². The van der Waals surface area contributed by atoms with E-state index in [2.05, 4.69) is 44.9 Å². The first kappa shape index (κ1) is 18.4. The third kappa shape index (κ3) is 4.87. The molecular formula is C23H21N5O. The van der Waals surface area contributed by atoms with Crippen LogP contribution in [0.2, 0.25) is 0 Å². The summed E-state index contributed by atoms with van der Waals surface area (Å²) in [4.78, 5) is 4.51. The number of para-hydroxylation sites is 3. The smallest absolute Gasteiger partial charge is 0.249 e. The molecule has 0 aliphatic carbocycles. The van der Waals surface area contributed by atoms with Crippen molar-refractivity contribution in [3.63, 3.8) is 0 Å². The first-order chi connectivity index (χ1) is 14.3. The van der Waals surface area contributed by atoms with Gasteiger partial charge in [0.15, 0.2) is 11.6 Å². The molecule has 0 aliphatic heterocycles. The molecule has 0 saturated carbocycles. The van der Waals surface area contributed by atoms with Crippen LogP contribution >= 0.6 is 0 Å². The fraction of sp³-hybridized carbons (Fsp3) is 0.0870. The van der Waals surface area contributed by atoms with Crippen LogP contribution in [0.5, 0.6) is 11.5 Å². The van der Waals surface area contributed by atoms with Crippen LogP contribution in [0.3, 0.4) is 0 Å². The molecule has 3 aromatic carbocycles. The average Bonchev–Trinajstić information content (AvgIpc) is 2.76. The highest BCUT2D eigenvalue weighted by atomic mass is 16.5. The fourth-order valence-electron chi connectivity index (χ4n) is 2.83. The highest BCUT2D eigenvalue weighted by Gasteiger charge is 2.08. The van der Waals surface area contributed by atoms with Gasteiger partial charge in [0.1, 0.15) is 5.75 Å². The number of anilines is 3. The van der Waals surface area contributed by atoms with Crippen molar-refractivity contribution in [2.24, 2.45) is 0 Å². The van der Waals surface area contributed by atoms with E-state index in [9.17, 15) is 0 Å². The van der Waals surface area contributed by atoms with Gasteiger partial charge in [0, 0.05) is 6.54 Å². The molecule has 1 aromatic heterocycles. The summed E-state index contributed by atoms with van der Waals surface area (Å²) >= 11 is 0. The minimum atomic E-state index is 0.392. The molecule has 1 heterocycles. The molecular weight excluding hydrogens is 362 g/mol. The Morgan fingerprint density at radius 3 is 2.48 bits per heavy atom. The number of ether oxygens (including phenoxy) is 1. The van der Waals surface area contributed by atoms with Crippen molar-refractivity contribution in [1.29, 1.82) is 0 Å². The fourth-order valence-corrected chi connectivity index (χ4v) is 2.83. The van der Waals surface area contributed by atoms with E-state index in [1.165, 1.54) is 11.1 Å². The monoisotopic (exact) mass is 383 g/mol. The maximum atomic E-state index is 5.98. The lowest BCUT2D eigenvalue weighted by molar-refractivity contribution is 0.485. The molecule has 0 fully saturated rings. The van der Waals surface area contributed by atoms with Crippen LogP contribution in [-0.4, -0.2) is 15.2 Å². The standard InChI is InChI=1S/C23H21N5O/c1-17-9-5-6-10-18(17)15-24-22-16-25-28-23(27-22)26-20-13-7-8-14-21(20)29-19-11-3-2-4-12-19/h2-14,16H,15H2,1H3,(H2,24,26,27,28). The number of hydrogen-bond acceptors (Lipinski definition) is 6. The van der Waals surface area contributed by atoms with Gasteiger partial charge in [-0.1, -0.05) is 54.6 Å². The molecule has 0 amide bonds. The van der Waals surface area contributed by atoms with Crippen molar-refractivity contribution in [3.8, 4) is 11.5 Å². The molecule has 0 aliphatic rings. The number of nitrogens with one attached hydrogen (secondary N) is 2. The minimum Gasteiger partial charge on any atom is -0.455 e. The maximum absolute atomic E-state index is 5.98. The molecule has 29 heavy (non-hydrogen) atoms. The van der Waals surface area contributed by atoms with Gasteiger partial charge >= 0.3 is 0 Å². The van der Waals surface area contributed by atoms with Gasteiger partial charge in [-0.15, -0.1) is 5.10 Å². The second-order valence-corrected chi connectivity index (χ2v) is 6.48. The molecule has 6 nitrogen and oxygen atoms in total. The molecule has 0 spiro atoms. The number of benzene rings is 3. The summed E-state index contributed by atoms with van der Waals surface area (Å²) < 4.78 is 5.98. The van der Waals surface area contributed by atoms with Crippen LogP contribution in [0.1, 0.15) is 11.1 Å². The average molecular weight is 383 g/mol. The van der Waals surface area contributed by atoms with Gasteiger partial charge in [0.2, 0.25) is 5.95 Å². The summed E-state index contributed by atoms with van der Waals surface area (Å²) in [5, 5.41) is 14.6. The van der Waals surface area contributed by atoms with Crippen LogP contribution in [0.4, 0.5) is 17.5 Å². The molecule has 0 radical (unpaired) electrons. The molecule has 0 bridgehead atoms. The van der Waals surface area contributed by atoms with Crippen LogP contribution in [-0.2, 0) is 6.54 Å². The Bertz CT molecular complexity index is 1090. The Kier molecular flexibility index (Phi) is 5.62. The van der Waals surface area contributed by atoms with Crippen molar-refractivity contribution >= 4 is 17.5 Å². The van der Waals surface area contributed by atoms with Crippen LogP contribution < -0.4 is 15.4 Å². The third-order valence-electron chi connectivity index (χ3n) is 4.38. The Labute approximate surface area is 169 Å². The van der Waals surface area contributed by atoms with E-state index in [1.54, 1.807) is 6.20 Å². The quantitative estimate of drug-likeness (QED) is 0.449. The van der Waals surface area contributed by atoms with E-state index in [0.29, 0.717) is 24.1 Å². The van der Waals surface area contributed by atoms with Gasteiger partial charge in [-0.2, -0.15) is 10.1 Å². The van der Waals surface area contributed by atoms with Gasteiger partial charge in [-0.05, 0) is 42.3 Å². The SMILES string of the molecule is Cc1ccccc1CNc1cnnc(Nc2ccccc2Oc2ccccc2)n1. The van der Waals surface area contributed by atoms with Gasteiger partial charge in [-0.25, -0.2) is 0 Å². The minimum absolute atomic E-state index is 0.392. The Morgan fingerprint density at radius 2 is 1.62 bits per heavy atom. The Balaban J connectivity index is 1.48. The van der Waals surface area contributed by atoms with Gasteiger partial charge < -0.3 is 15.4 Å². The molecule has 0 atom stereocenters. The van der Waals surface area contributed by atoms with Crippen molar-refractivity contribution in [3.05, 3.63) is 96.2 Å². The summed E-state index contributed by atoms with van der Waals surface area (Å²) in [6.45, 7) is 2.75. The van der Waals surface area contributed by atoms with Crippen molar-refractivity contribution in [1.82, 2.24) is 15.2 Å². The van der Waals surface area contributed by atoms with E-state index >= 15 is 0 Å². The summed E-state index contributed by atoms with van der Waals surface area (Å²) in [6.07, 6.45) is 1.61. The maximum Gasteiger partial charge on any atom is 0.249 e. The number of hydrogen-bond donors (Lipinski definition) is 2. The van der Waals surface area contributed by atoms with Crippen LogP contribution in [0.15, 0.2) is 85.1 Å². The van der Waals surface area contributed by atoms with Gasteiger partial charge in [0.25, 0.3) is 0 Å². The first-order valence-corrected chi connectivity index (χ1v) is 9.35. The zero-order chi connectivity index (χ0) is 19.9. The summed E-state index contributed by atoms with van der Waals surface area (Å²) in [7, 11) is 0. The van der Waals surface area contributed by atoms with Crippen molar-refractivity contribution in [2.75, 3.05) is 10.6 Å².